The molecule has 0 saturated carbocycles. The van der Waals surface area contributed by atoms with Crippen molar-refractivity contribution >= 4 is 34.9 Å². The summed E-state index contributed by atoms with van der Waals surface area (Å²) in [6.45, 7) is 6.42. The van der Waals surface area contributed by atoms with E-state index in [1.807, 2.05) is 39.0 Å². The Hall–Kier alpha value is -4.41. The van der Waals surface area contributed by atoms with Gasteiger partial charge in [-0.3, -0.25) is 9.59 Å². The number of nitrogens with one attached hydrogen (secondary N) is 3. The van der Waals surface area contributed by atoms with Gasteiger partial charge in [0.05, 0.1) is 25.8 Å². The highest BCUT2D eigenvalue weighted by Gasteiger charge is 2.53. The summed E-state index contributed by atoms with van der Waals surface area (Å²) < 4.78 is 16.7. The van der Waals surface area contributed by atoms with Crippen LogP contribution in [0.2, 0.25) is 0 Å². The second-order valence-electron chi connectivity index (χ2n) is 9.53. The lowest BCUT2D eigenvalue weighted by atomic mass is 9.87. The maximum Gasteiger partial charge on any atom is 0.320 e. The molecule has 10 heteroatoms. The van der Waals surface area contributed by atoms with Gasteiger partial charge in [0.2, 0.25) is 5.91 Å². The number of urea groups is 1. The zero-order chi connectivity index (χ0) is 29.4. The zero-order valence-electron chi connectivity index (χ0n) is 23.7. The van der Waals surface area contributed by atoms with E-state index in [9.17, 15) is 14.4 Å². The van der Waals surface area contributed by atoms with Crippen molar-refractivity contribution in [2.75, 3.05) is 42.4 Å². The average Bonchev–Trinajstić information content (AvgIpc) is 3.17. The quantitative estimate of drug-likeness (QED) is 0.274. The molecule has 1 aliphatic heterocycles. The van der Waals surface area contributed by atoms with Crippen LogP contribution in [0.3, 0.4) is 0 Å². The molecule has 4 rings (SSSR count). The van der Waals surface area contributed by atoms with Gasteiger partial charge in [0.1, 0.15) is 5.75 Å². The first-order valence-electron chi connectivity index (χ1n) is 13.5. The first-order valence-corrected chi connectivity index (χ1v) is 13.5. The molecule has 1 heterocycles. The fourth-order valence-electron chi connectivity index (χ4n) is 4.92. The molecule has 0 aromatic heterocycles. The van der Waals surface area contributed by atoms with E-state index in [-0.39, 0.29) is 13.0 Å². The largest absolute Gasteiger partial charge is 0.497 e. The highest BCUT2D eigenvalue weighted by atomic mass is 16.7. The Bertz CT molecular complexity index is 1390. The van der Waals surface area contributed by atoms with Crippen molar-refractivity contribution in [1.29, 1.82) is 0 Å². The number of benzene rings is 3. The molecule has 41 heavy (non-hydrogen) atoms. The second kappa shape index (κ2) is 13.3. The van der Waals surface area contributed by atoms with Crippen LogP contribution in [0, 0.1) is 6.92 Å². The standard InChI is InChI=1S/C31H36N4O6/c1-5-40-28(41-6-2)20-35-26-17-10-8-15-24(26)31(29(35)37,19-27(36)33-25-16-9-7-12-21(25)3)34-30(38)32-22-13-11-14-23(18-22)39-4/h7-18,28H,5-6,19-20H2,1-4H3,(H,33,36)(H2,32,34,38)/t31-/m0/s1. The Balaban J connectivity index is 1.70. The number of amides is 4. The highest BCUT2D eigenvalue weighted by molar-refractivity contribution is 6.13. The molecule has 0 bridgehead atoms. The van der Waals surface area contributed by atoms with Crippen LogP contribution in [0.1, 0.15) is 31.4 Å². The van der Waals surface area contributed by atoms with Crippen LogP contribution in [0.25, 0.3) is 0 Å². The third-order valence-corrected chi connectivity index (χ3v) is 6.80. The SMILES string of the molecule is CCOC(CN1C(=O)[C@@](CC(=O)Nc2ccccc2C)(NC(=O)Nc2cccc(OC)c2)c2ccccc21)OCC. The van der Waals surface area contributed by atoms with Gasteiger partial charge in [-0.2, -0.15) is 0 Å². The lowest BCUT2D eigenvalue weighted by Crippen LogP contribution is -2.56. The molecule has 1 atom stereocenters. The van der Waals surface area contributed by atoms with Crippen LogP contribution in [0.15, 0.2) is 72.8 Å². The smallest absolute Gasteiger partial charge is 0.320 e. The second-order valence-corrected chi connectivity index (χ2v) is 9.53. The molecule has 0 fully saturated rings. The summed E-state index contributed by atoms with van der Waals surface area (Å²) >= 11 is 0. The summed E-state index contributed by atoms with van der Waals surface area (Å²) in [5, 5.41) is 8.52. The Morgan fingerprint density at radius 2 is 1.63 bits per heavy atom. The Kier molecular flexibility index (Phi) is 9.59. The van der Waals surface area contributed by atoms with Crippen LogP contribution < -0.4 is 25.6 Å². The third-order valence-electron chi connectivity index (χ3n) is 6.80. The predicted octanol–water partition coefficient (Wildman–Crippen LogP) is 4.80. The minimum absolute atomic E-state index is 0.0812. The Morgan fingerprint density at radius 1 is 0.927 bits per heavy atom. The van der Waals surface area contributed by atoms with Gasteiger partial charge in [0.25, 0.3) is 5.91 Å². The van der Waals surface area contributed by atoms with Gasteiger partial charge in [0.15, 0.2) is 11.8 Å². The number of nitrogens with zero attached hydrogens (tertiary/aromatic N) is 1. The molecule has 3 aromatic rings. The van der Waals surface area contributed by atoms with Crippen LogP contribution in [-0.4, -0.2) is 51.0 Å². The van der Waals surface area contributed by atoms with Gasteiger partial charge in [-0.25, -0.2) is 4.79 Å². The number of aryl methyl sites for hydroxylation is 1. The molecular formula is C31H36N4O6. The number of methoxy groups -OCH3 is 1. The zero-order valence-corrected chi connectivity index (χ0v) is 23.7. The molecular weight excluding hydrogens is 524 g/mol. The number of ether oxygens (including phenoxy) is 3. The summed E-state index contributed by atoms with van der Waals surface area (Å²) in [5.41, 5.74) is 1.32. The number of rotatable bonds is 12. The summed E-state index contributed by atoms with van der Waals surface area (Å²) in [5.74, 6) is -0.345. The molecule has 4 amide bonds. The molecule has 3 aromatic carbocycles. The fraction of sp³-hybridized carbons (Fsp3) is 0.323. The van der Waals surface area contributed by atoms with Gasteiger partial charge >= 0.3 is 6.03 Å². The number of hydrogen-bond donors (Lipinski definition) is 3. The van der Waals surface area contributed by atoms with Crippen molar-refractivity contribution in [3.8, 4) is 5.75 Å². The Morgan fingerprint density at radius 3 is 2.34 bits per heavy atom. The lowest BCUT2D eigenvalue weighted by Gasteiger charge is -2.30. The third kappa shape index (κ3) is 6.67. The van der Waals surface area contributed by atoms with Gasteiger partial charge in [-0.15, -0.1) is 0 Å². The van der Waals surface area contributed by atoms with E-state index in [0.717, 1.165) is 5.56 Å². The van der Waals surface area contributed by atoms with Crippen LogP contribution in [0.5, 0.6) is 5.75 Å². The molecule has 1 aliphatic rings. The summed E-state index contributed by atoms with van der Waals surface area (Å²) in [6.07, 6.45) is -1.03. The van der Waals surface area contributed by atoms with E-state index in [2.05, 4.69) is 16.0 Å². The van der Waals surface area contributed by atoms with Crippen LogP contribution >= 0.6 is 0 Å². The molecule has 0 radical (unpaired) electrons. The highest BCUT2D eigenvalue weighted by Crippen LogP contribution is 2.43. The van der Waals surface area contributed by atoms with Crippen molar-refractivity contribution in [2.24, 2.45) is 0 Å². The van der Waals surface area contributed by atoms with E-state index < -0.39 is 29.7 Å². The average molecular weight is 561 g/mol. The fourth-order valence-corrected chi connectivity index (χ4v) is 4.92. The molecule has 10 nitrogen and oxygen atoms in total. The monoisotopic (exact) mass is 560 g/mol. The lowest BCUT2D eigenvalue weighted by molar-refractivity contribution is -0.138. The predicted molar refractivity (Wildman–Crippen MR) is 157 cm³/mol. The number of carbonyl (C=O) groups is 3. The molecule has 0 unspecified atom stereocenters. The number of anilines is 3. The molecule has 3 N–H and O–H groups in total. The van der Waals surface area contributed by atoms with E-state index in [1.54, 1.807) is 54.6 Å². The minimum atomic E-state index is -1.70. The van der Waals surface area contributed by atoms with Crippen molar-refractivity contribution in [3.63, 3.8) is 0 Å². The maximum absolute atomic E-state index is 14.3. The normalized spacial score (nSPS) is 15.9. The first kappa shape index (κ1) is 29.6. The van der Waals surface area contributed by atoms with Gasteiger partial charge < -0.3 is 35.1 Å². The van der Waals surface area contributed by atoms with Crippen molar-refractivity contribution in [1.82, 2.24) is 5.32 Å². The van der Waals surface area contributed by atoms with Crippen molar-refractivity contribution in [3.05, 3.63) is 83.9 Å². The number of fused-ring (bicyclic) bond motifs is 1. The van der Waals surface area contributed by atoms with Gasteiger partial charge in [0, 0.05) is 36.2 Å². The number of carbonyl (C=O) groups excluding carboxylic acids is 3. The topological polar surface area (TPSA) is 118 Å². The van der Waals surface area contributed by atoms with E-state index in [1.165, 1.54) is 12.0 Å². The van der Waals surface area contributed by atoms with Crippen molar-refractivity contribution < 1.29 is 28.6 Å². The minimum Gasteiger partial charge on any atom is -0.497 e. The molecule has 0 saturated heterocycles. The number of hydrogen-bond acceptors (Lipinski definition) is 6. The van der Waals surface area contributed by atoms with Crippen LogP contribution in [-0.2, 0) is 24.6 Å². The molecule has 216 valence electrons. The summed E-state index contributed by atoms with van der Waals surface area (Å²) in [6, 6.07) is 20.6. The van der Waals surface area contributed by atoms with E-state index in [4.69, 9.17) is 14.2 Å². The maximum atomic E-state index is 14.3. The Labute approximate surface area is 240 Å². The summed E-state index contributed by atoms with van der Waals surface area (Å²) in [4.78, 5) is 42.8. The molecule has 0 spiro atoms. The summed E-state index contributed by atoms with van der Waals surface area (Å²) in [7, 11) is 1.53. The van der Waals surface area contributed by atoms with E-state index in [0.29, 0.717) is 41.6 Å². The first-order chi connectivity index (χ1) is 19.8. The van der Waals surface area contributed by atoms with E-state index >= 15 is 0 Å². The van der Waals surface area contributed by atoms with Crippen molar-refractivity contribution in [2.45, 2.75) is 39.0 Å². The van der Waals surface area contributed by atoms with Gasteiger partial charge in [-0.1, -0.05) is 42.5 Å². The number of para-hydroxylation sites is 2. The van der Waals surface area contributed by atoms with Gasteiger partial charge in [-0.05, 0) is 50.6 Å². The van der Waals surface area contributed by atoms with Crippen LogP contribution in [0.4, 0.5) is 21.9 Å². The molecule has 0 aliphatic carbocycles.